The predicted molar refractivity (Wildman–Crippen MR) is 491 cm³/mol. The molecule has 0 aromatic carbocycles. The first-order valence-corrected chi connectivity index (χ1v) is 54.5. The number of aromatic nitrogens is 14. The van der Waals surface area contributed by atoms with Crippen LogP contribution in [-0.4, -0.2) is 311 Å². The number of fused-ring (bicyclic) bond motifs is 1. The number of hydrogen-bond donors (Lipinski definition) is 8. The number of aliphatic hydroxyl groups excluding tert-OH is 1. The SMILES string of the molecule is CC[C@H]1O[C@@H](n2cc(C)c(=O)[nH]c2=O)C[C@H]1OP([O-])(=S)OC[C@H]1O[C@@H](n2cc(C)c(=O)[nH]c2=O)C(OCCOC)[C@H]1OP(=O)([O-])OC[C@H]1O[C@@H](n2cnc3c(=O)[nH]c(N)nc32)C(OCCOC)[C@H]1OP(=O)([O-])OC[C@H]1O[C@@H](n2cc(C)c(N)nc2=O)C(OCCOC)[C@H]1OP(=O)([S-])OC[C@H]1O[C@@H](n2cc(C)c(=O)[nH]c2=O)C(OCCOC)[C@H]1OP([O-])(=S)OC[C@H]1O[C@@H](n2cc(C)c(N)nc2=O)C(OCCOC)[C@H]1O. The number of aliphatic hydroxyl groups is 1. The van der Waals surface area contributed by atoms with Crippen molar-refractivity contribution in [3.63, 3.8) is 0 Å². The molecule has 6 aliphatic rings. The number of hydrogen-bond acceptors (Lipinski definition) is 53. The van der Waals surface area contributed by atoms with E-state index >= 15 is 23.5 Å². The summed E-state index contributed by atoms with van der Waals surface area (Å²) in [6, 6.07) is 0. The third-order valence-electron chi connectivity index (χ3n) is 23.2. The highest BCUT2D eigenvalue weighted by Gasteiger charge is 2.57. The number of ether oxygens (including phenoxy) is 16. The molecule has 0 bridgehead atoms. The van der Waals surface area contributed by atoms with E-state index in [1.54, 1.807) is 13.8 Å². The Balaban J connectivity index is 0.804. The average molecular weight is 2200 g/mol. The number of nitrogens with one attached hydrogen (secondary N) is 4. The van der Waals surface area contributed by atoms with Crippen molar-refractivity contribution < 1.29 is 159 Å². The summed E-state index contributed by atoms with van der Waals surface area (Å²) >= 11 is 16.6. The Bertz CT molecular complexity index is 6490. The maximum absolute atomic E-state index is 15.5. The Kier molecular flexibility index (Phi) is 38.9. The van der Waals surface area contributed by atoms with Crippen LogP contribution in [0.4, 0.5) is 17.6 Å². The van der Waals surface area contributed by atoms with E-state index in [9.17, 15) is 58.0 Å². The van der Waals surface area contributed by atoms with Crippen LogP contribution in [-0.2, 0) is 171 Å². The summed E-state index contributed by atoms with van der Waals surface area (Å²) in [6.07, 6.45) is -33.1. The van der Waals surface area contributed by atoms with E-state index < -0.39 is 292 Å². The van der Waals surface area contributed by atoms with Crippen molar-refractivity contribution in [3.05, 3.63) is 159 Å². The molecule has 13 rings (SSSR count). The lowest BCUT2D eigenvalue weighted by Gasteiger charge is -2.36. The molecule has 0 spiro atoms. The van der Waals surface area contributed by atoms with Gasteiger partial charge in [-0.3, -0.25) is 80.2 Å². The molecule has 0 radical (unpaired) electrons. The van der Waals surface area contributed by atoms with Crippen molar-refractivity contribution in [3.8, 4) is 0 Å². The molecule has 7 aromatic rings. The number of anilines is 3. The van der Waals surface area contributed by atoms with Crippen LogP contribution >= 0.6 is 35.9 Å². The van der Waals surface area contributed by atoms with Crippen LogP contribution in [0.1, 0.15) is 85.0 Å². The summed E-state index contributed by atoms with van der Waals surface area (Å²) < 4.78 is 205. The quantitative estimate of drug-likeness (QED) is 0.0101. The molecule has 60 nitrogen and oxygen atoms in total. The normalized spacial score (nSPS) is 29.2. The summed E-state index contributed by atoms with van der Waals surface area (Å²) in [7, 11) is -5.94. The number of H-pyrrole nitrogens is 4. The Labute approximate surface area is 829 Å². The van der Waals surface area contributed by atoms with E-state index in [1.807, 2.05) is 0 Å². The minimum Gasteiger partial charge on any atom is -0.780 e. The van der Waals surface area contributed by atoms with Gasteiger partial charge in [0.1, 0.15) is 123 Å². The highest BCUT2D eigenvalue weighted by molar-refractivity contribution is 8.32. The molecule has 0 amide bonds. The van der Waals surface area contributed by atoms with E-state index in [0.29, 0.717) is 5.56 Å². The second kappa shape index (κ2) is 49.2. The number of methoxy groups -OCH3 is 5. The summed E-state index contributed by atoms with van der Waals surface area (Å²) in [5.41, 5.74) is 9.40. The minimum absolute atomic E-state index is 0.00637. The molecular formula is C76H107N17O43P5S3-5. The fourth-order valence-corrected chi connectivity index (χ4v) is 22.4. The zero-order valence-electron chi connectivity index (χ0n) is 78.5. The monoisotopic (exact) mass is 2200 g/mol. The molecule has 11 N–H and O–H groups in total. The maximum Gasteiger partial charge on any atom is 0.351 e. The smallest absolute Gasteiger partial charge is 0.351 e. The van der Waals surface area contributed by atoms with Crippen molar-refractivity contribution in [2.45, 2.75) is 196 Å². The van der Waals surface area contributed by atoms with Gasteiger partial charge in [0.2, 0.25) is 5.95 Å². The van der Waals surface area contributed by atoms with Crippen molar-refractivity contribution in [1.82, 2.24) is 67.3 Å². The molecule has 6 fully saturated rings. The van der Waals surface area contributed by atoms with Gasteiger partial charge in [-0.2, -0.15) is 15.0 Å². The van der Waals surface area contributed by atoms with Gasteiger partial charge in [-0.05, 0) is 41.0 Å². The largest absolute Gasteiger partial charge is 0.780 e. The second-order valence-corrected chi connectivity index (χ2v) is 43.9. The molecule has 6 aliphatic heterocycles. The summed E-state index contributed by atoms with van der Waals surface area (Å²) in [5, 5.41) is 11.8. The lowest BCUT2D eigenvalue weighted by Crippen LogP contribution is -2.42. The molecule has 7 aromatic heterocycles. The highest BCUT2D eigenvalue weighted by Crippen LogP contribution is 2.56. The lowest BCUT2D eigenvalue weighted by molar-refractivity contribution is -0.241. The van der Waals surface area contributed by atoms with Gasteiger partial charge in [-0.15, -0.1) is 0 Å². The topological polar surface area (TPSA) is 780 Å². The standard InChI is InChI=1S/C76H112N17O43P5S3/c1-12-40-41(23-47(126-40)88-26-37(4)62(95)85-74(88)101)132-139(108,142)124-32-45-51(55(117-19-14-112-8)67(129-45)91-27-38(5)63(96)86-75(91)102)134-137(104,105)121-30-43-50(56(118-20-15-113-9)70(131-43)93-34-80-48-61(93)83-71(79)84-65(48)98)133-138(106,107)122-31-44-52(57(119-21-16-114-10)68(128-44)90-25-36(3)60(78)82-73(90)100)135-141(110,144)125-33-46-53(58(120-22-17-115-11)69(130-46)92-28-39(6)64(97)87-76(92)103)136-140(109,143)123-29-42-49(94)54(116-18-13-111-7)66(127-42)89-24-35(2)59(77)81-72(89)99/h24-28,34,40-47,49-58,66-70,94H,12-23,29-33H2,1-11H3,(H,104,105)(H,106,107)(H,108,142)(H,109,143)(H,110,144)(H2,77,81,99)(H2,78,82,100)(H,85,95,101)(H,86,96,102)(H,87,97,103)(H3,79,83,84,98)/p-5/t40-,41-,42-,43-,44-,45-,46-,47-,49+,50+,51+,52+,53+,54?,55?,56?,57?,58?,66-,67-,68-,69-,70-,139?,140?,141?/m1/s1. The van der Waals surface area contributed by atoms with E-state index in [2.05, 4.69) is 39.9 Å². The van der Waals surface area contributed by atoms with Crippen molar-refractivity contribution in [2.24, 2.45) is 0 Å². The van der Waals surface area contributed by atoms with Crippen LogP contribution in [0.15, 0.2) is 80.5 Å². The molecule has 802 valence electrons. The number of aryl methyl sites for hydroxylation is 5. The molecule has 6 saturated heterocycles. The fraction of sp³-hybridized carbons (Fsp3) is 0.671. The van der Waals surface area contributed by atoms with Gasteiger partial charge in [0, 0.05) is 101 Å². The summed E-state index contributed by atoms with van der Waals surface area (Å²) in [4.78, 5) is 204. The van der Waals surface area contributed by atoms with Gasteiger partial charge in [0.15, 0.2) is 49.1 Å². The van der Waals surface area contributed by atoms with Gasteiger partial charge >= 0.3 is 28.4 Å². The van der Waals surface area contributed by atoms with Gasteiger partial charge < -0.3 is 175 Å². The zero-order valence-corrected chi connectivity index (χ0v) is 85.4. The molecule has 68 heteroatoms. The Hall–Kier alpha value is -7.35. The average Bonchev–Trinajstić information content (AvgIpc) is 1.60. The number of rotatable bonds is 52. The van der Waals surface area contributed by atoms with Gasteiger partial charge in [-0.1, -0.05) is 30.5 Å². The van der Waals surface area contributed by atoms with Crippen molar-refractivity contribution in [1.29, 1.82) is 0 Å². The number of phosphoric ester groups is 2. The van der Waals surface area contributed by atoms with Crippen LogP contribution in [0.25, 0.3) is 11.2 Å². The lowest BCUT2D eigenvalue weighted by atomic mass is 10.1. The highest BCUT2D eigenvalue weighted by atomic mass is 32.7. The maximum atomic E-state index is 15.5. The minimum atomic E-state index is -6.27. The van der Waals surface area contributed by atoms with E-state index in [1.165, 1.54) is 75.6 Å². The summed E-state index contributed by atoms with van der Waals surface area (Å²) in [6.45, 7) is -15.2. The first-order valence-electron chi connectivity index (χ1n) is 43.9. The second-order valence-electron chi connectivity index (χ2n) is 33.1. The molecule has 0 aliphatic carbocycles. The number of aromatic amines is 4. The fourth-order valence-electron chi connectivity index (χ4n) is 16.2. The Morgan fingerprint density at radius 1 is 0.417 bits per heavy atom. The first kappa shape index (κ1) is 114. The van der Waals surface area contributed by atoms with Gasteiger partial charge in [0.25, 0.3) is 37.9 Å². The van der Waals surface area contributed by atoms with Crippen molar-refractivity contribution >= 4 is 100 Å². The predicted octanol–water partition coefficient (Wildman–Crippen LogP) is -4.95. The summed E-state index contributed by atoms with van der Waals surface area (Å²) in [5.74, 6) is -0.867. The van der Waals surface area contributed by atoms with Crippen LogP contribution in [0, 0.1) is 34.6 Å². The first-order chi connectivity index (χ1) is 68.2. The zero-order chi connectivity index (χ0) is 105. The molecule has 144 heavy (non-hydrogen) atoms. The number of nitrogens with two attached hydrogens (primary N) is 3. The van der Waals surface area contributed by atoms with E-state index in [0.717, 1.165) is 52.3 Å². The number of nitrogen functional groups attached to an aromatic ring is 3. The molecule has 13 heterocycles. The van der Waals surface area contributed by atoms with Crippen LogP contribution < -0.4 is 87.5 Å². The molecule has 28 atom stereocenters. The number of imidazole rings is 1. The Morgan fingerprint density at radius 3 is 1.19 bits per heavy atom. The Morgan fingerprint density at radius 2 is 0.764 bits per heavy atom. The van der Waals surface area contributed by atoms with Crippen LogP contribution in [0.5, 0.6) is 0 Å². The van der Waals surface area contributed by atoms with Crippen LogP contribution in [0.2, 0.25) is 0 Å². The van der Waals surface area contributed by atoms with Gasteiger partial charge in [0.05, 0.1) is 118 Å². The van der Waals surface area contributed by atoms with E-state index in [4.69, 9.17) is 174 Å². The number of nitrogens with zero attached hydrogens (tertiary/aromatic N) is 10. The third kappa shape index (κ3) is 27.5. The molecule has 0 saturated carbocycles. The van der Waals surface area contributed by atoms with Crippen molar-refractivity contribution in [2.75, 3.05) is 152 Å². The van der Waals surface area contributed by atoms with E-state index in [-0.39, 0.29) is 98.6 Å². The molecular weight excluding hydrogens is 2090 g/mol. The van der Waals surface area contributed by atoms with Crippen LogP contribution in [0.3, 0.4) is 0 Å². The molecule has 10 unspecified atom stereocenters. The number of phosphoric acid groups is 2. The van der Waals surface area contributed by atoms with Gasteiger partial charge in [-0.25, -0.2) is 29.0 Å². The third-order valence-corrected chi connectivity index (χ3v) is 29.8.